The molecule has 0 unspecified atom stereocenters. The molecular weight excluding hydrogens is 296 g/mol. The highest BCUT2D eigenvalue weighted by Crippen LogP contribution is 2.12. The van der Waals surface area contributed by atoms with Crippen LogP contribution in [0.5, 0.6) is 5.88 Å². The van der Waals surface area contributed by atoms with Crippen molar-refractivity contribution < 1.29 is 18.3 Å². The summed E-state index contributed by atoms with van der Waals surface area (Å²) in [6.07, 6.45) is -0.957. The Morgan fingerprint density at radius 3 is 2.91 bits per heavy atom. The van der Waals surface area contributed by atoms with Crippen LogP contribution >= 0.6 is 0 Å². The van der Waals surface area contributed by atoms with Gasteiger partial charge < -0.3 is 10.1 Å². The number of hydrogen-bond donors (Lipinski definition) is 2. The van der Waals surface area contributed by atoms with Gasteiger partial charge in [0.2, 0.25) is 5.88 Å². The molecule has 0 spiro atoms. The second-order valence-electron chi connectivity index (χ2n) is 4.32. The lowest BCUT2D eigenvalue weighted by atomic mass is 10.4. The second kappa shape index (κ2) is 7.34. The molecule has 2 N–H and O–H groups in total. The monoisotopic (exact) mass is 311 g/mol. The Bertz CT molecular complexity index is 632. The predicted molar refractivity (Wildman–Crippen MR) is 74.8 cm³/mol. The molecule has 0 radical (unpaired) electrons. The van der Waals surface area contributed by atoms with E-state index < -0.39 is 19.1 Å². The van der Waals surface area contributed by atoms with Crippen molar-refractivity contribution in [2.75, 3.05) is 11.9 Å². The molecule has 9 heteroatoms. The Kier molecular flexibility index (Phi) is 5.23. The number of aromatic nitrogens is 3. The number of pyridine rings is 1. The SMILES string of the molecule is Cn1nccc1CNC(=O)Nc1cccc(OCC(F)F)n1. The number of nitrogens with one attached hydrogen (secondary N) is 2. The number of halogens is 2. The van der Waals surface area contributed by atoms with Gasteiger partial charge in [-0.2, -0.15) is 10.1 Å². The van der Waals surface area contributed by atoms with Gasteiger partial charge in [-0.25, -0.2) is 13.6 Å². The van der Waals surface area contributed by atoms with Crippen molar-refractivity contribution in [1.82, 2.24) is 20.1 Å². The summed E-state index contributed by atoms with van der Waals surface area (Å²) in [5.41, 5.74) is 0.831. The predicted octanol–water partition coefficient (Wildman–Crippen LogP) is 1.78. The fourth-order valence-corrected chi connectivity index (χ4v) is 1.62. The molecule has 2 aromatic rings. The molecule has 0 aromatic carbocycles. The standard InChI is InChI=1S/C13H15F2N5O2/c1-20-9(5-6-17-20)7-16-13(21)19-11-3-2-4-12(18-11)22-8-10(14)15/h2-6,10H,7-8H2,1H3,(H2,16,18,19,21). The molecule has 0 saturated heterocycles. The summed E-state index contributed by atoms with van der Waals surface area (Å²) in [5, 5.41) is 9.11. The van der Waals surface area contributed by atoms with Gasteiger partial charge in [0.15, 0.2) is 6.61 Å². The molecule has 0 saturated carbocycles. The van der Waals surface area contributed by atoms with Gasteiger partial charge in [0.25, 0.3) is 6.43 Å². The van der Waals surface area contributed by atoms with Crippen molar-refractivity contribution in [3.05, 3.63) is 36.2 Å². The fourth-order valence-electron chi connectivity index (χ4n) is 1.62. The summed E-state index contributed by atoms with van der Waals surface area (Å²) in [4.78, 5) is 15.6. The van der Waals surface area contributed by atoms with E-state index in [1.54, 1.807) is 30.1 Å². The van der Waals surface area contributed by atoms with E-state index in [1.807, 2.05) is 0 Å². The topological polar surface area (TPSA) is 81.1 Å². The third kappa shape index (κ3) is 4.69. The van der Waals surface area contributed by atoms with Gasteiger partial charge in [0.1, 0.15) is 5.82 Å². The maximum atomic E-state index is 12.1. The van der Waals surface area contributed by atoms with E-state index >= 15 is 0 Å². The average Bonchev–Trinajstić information content (AvgIpc) is 2.89. The van der Waals surface area contributed by atoms with Crippen LogP contribution in [0.1, 0.15) is 5.69 Å². The van der Waals surface area contributed by atoms with Crippen LogP contribution in [0, 0.1) is 0 Å². The Balaban J connectivity index is 1.85. The first kappa shape index (κ1) is 15.7. The highest BCUT2D eigenvalue weighted by molar-refractivity contribution is 5.88. The summed E-state index contributed by atoms with van der Waals surface area (Å²) < 4.78 is 30.5. The zero-order valence-electron chi connectivity index (χ0n) is 11.8. The summed E-state index contributed by atoms with van der Waals surface area (Å²) in [7, 11) is 1.76. The minimum absolute atomic E-state index is 0.0183. The molecule has 7 nitrogen and oxygen atoms in total. The summed E-state index contributed by atoms with van der Waals surface area (Å²) in [6, 6.07) is 5.81. The smallest absolute Gasteiger partial charge is 0.320 e. The van der Waals surface area contributed by atoms with E-state index in [-0.39, 0.29) is 11.7 Å². The second-order valence-corrected chi connectivity index (χ2v) is 4.32. The van der Waals surface area contributed by atoms with E-state index in [0.29, 0.717) is 6.54 Å². The summed E-state index contributed by atoms with van der Waals surface area (Å²) in [6.45, 7) is -0.451. The van der Waals surface area contributed by atoms with Crippen LogP contribution in [-0.2, 0) is 13.6 Å². The van der Waals surface area contributed by atoms with Crippen LogP contribution in [0.25, 0.3) is 0 Å². The molecule has 0 atom stereocenters. The number of alkyl halides is 2. The molecule has 0 aliphatic heterocycles. The molecule has 118 valence electrons. The molecule has 22 heavy (non-hydrogen) atoms. The first-order valence-electron chi connectivity index (χ1n) is 6.44. The van der Waals surface area contributed by atoms with Crippen molar-refractivity contribution in [2.24, 2.45) is 7.05 Å². The molecule has 2 aromatic heterocycles. The van der Waals surface area contributed by atoms with Crippen LogP contribution in [0.15, 0.2) is 30.5 Å². The van der Waals surface area contributed by atoms with Crippen LogP contribution < -0.4 is 15.4 Å². The third-order valence-corrected chi connectivity index (χ3v) is 2.67. The first-order chi connectivity index (χ1) is 10.5. The number of ether oxygens (including phenoxy) is 1. The zero-order valence-corrected chi connectivity index (χ0v) is 11.8. The molecule has 0 bridgehead atoms. The van der Waals surface area contributed by atoms with Crippen molar-refractivity contribution >= 4 is 11.8 Å². The van der Waals surface area contributed by atoms with Gasteiger partial charge in [-0.1, -0.05) is 6.07 Å². The molecule has 2 amide bonds. The highest BCUT2D eigenvalue weighted by atomic mass is 19.3. The van der Waals surface area contributed by atoms with Gasteiger partial charge >= 0.3 is 6.03 Å². The number of rotatable bonds is 6. The summed E-state index contributed by atoms with van der Waals surface area (Å²) in [5.74, 6) is 0.221. The normalized spacial score (nSPS) is 10.5. The Morgan fingerprint density at radius 1 is 1.41 bits per heavy atom. The van der Waals surface area contributed by atoms with E-state index in [0.717, 1.165) is 5.69 Å². The Morgan fingerprint density at radius 2 is 2.23 bits per heavy atom. The number of amides is 2. The molecule has 2 rings (SSSR count). The number of aryl methyl sites for hydroxylation is 1. The zero-order chi connectivity index (χ0) is 15.9. The molecular formula is C13H15F2N5O2. The molecule has 0 fully saturated rings. The number of anilines is 1. The van der Waals surface area contributed by atoms with Crippen molar-refractivity contribution in [3.8, 4) is 5.88 Å². The number of carbonyl (C=O) groups excluding carboxylic acids is 1. The molecule has 0 aliphatic rings. The maximum absolute atomic E-state index is 12.1. The number of urea groups is 1. The maximum Gasteiger partial charge on any atom is 0.320 e. The van der Waals surface area contributed by atoms with Gasteiger partial charge in [-0.3, -0.25) is 10.00 Å². The third-order valence-electron chi connectivity index (χ3n) is 2.67. The lowest BCUT2D eigenvalue weighted by Gasteiger charge is -2.09. The Hall–Kier alpha value is -2.71. The van der Waals surface area contributed by atoms with Crippen molar-refractivity contribution in [3.63, 3.8) is 0 Å². The van der Waals surface area contributed by atoms with Crippen LogP contribution in [-0.4, -0.2) is 33.8 Å². The highest BCUT2D eigenvalue weighted by Gasteiger charge is 2.07. The quantitative estimate of drug-likeness (QED) is 0.852. The average molecular weight is 311 g/mol. The number of carbonyl (C=O) groups is 1. The van der Waals surface area contributed by atoms with Crippen molar-refractivity contribution in [1.29, 1.82) is 0 Å². The first-order valence-corrected chi connectivity index (χ1v) is 6.44. The lowest BCUT2D eigenvalue weighted by molar-refractivity contribution is 0.0796. The molecule has 0 aliphatic carbocycles. The van der Waals surface area contributed by atoms with E-state index in [9.17, 15) is 13.6 Å². The van der Waals surface area contributed by atoms with Crippen LogP contribution in [0.3, 0.4) is 0 Å². The Labute approximate surface area is 125 Å². The van der Waals surface area contributed by atoms with Crippen LogP contribution in [0.2, 0.25) is 0 Å². The fraction of sp³-hybridized carbons (Fsp3) is 0.308. The van der Waals surface area contributed by atoms with Gasteiger partial charge in [0, 0.05) is 19.3 Å². The van der Waals surface area contributed by atoms with Gasteiger partial charge in [-0.05, 0) is 12.1 Å². The number of hydrogen-bond acceptors (Lipinski definition) is 4. The molecule has 2 heterocycles. The van der Waals surface area contributed by atoms with Crippen LogP contribution in [0.4, 0.5) is 19.4 Å². The summed E-state index contributed by atoms with van der Waals surface area (Å²) >= 11 is 0. The largest absolute Gasteiger partial charge is 0.472 e. The van der Waals surface area contributed by atoms with Crippen molar-refractivity contribution in [2.45, 2.75) is 13.0 Å². The minimum Gasteiger partial charge on any atom is -0.472 e. The van der Waals surface area contributed by atoms with E-state index in [2.05, 4.69) is 20.7 Å². The van der Waals surface area contributed by atoms with Gasteiger partial charge in [0.05, 0.1) is 12.2 Å². The van der Waals surface area contributed by atoms with E-state index in [4.69, 9.17) is 4.74 Å². The minimum atomic E-state index is -2.58. The lowest BCUT2D eigenvalue weighted by Crippen LogP contribution is -2.29. The van der Waals surface area contributed by atoms with E-state index in [1.165, 1.54) is 12.1 Å². The number of nitrogens with zero attached hydrogens (tertiary/aromatic N) is 3. The van der Waals surface area contributed by atoms with Gasteiger partial charge in [-0.15, -0.1) is 0 Å².